The summed E-state index contributed by atoms with van der Waals surface area (Å²) < 4.78 is 5.14. The summed E-state index contributed by atoms with van der Waals surface area (Å²) in [5.41, 5.74) is 1.30. The van der Waals surface area contributed by atoms with E-state index in [0.717, 1.165) is 26.2 Å². The standard InChI is InChI=1S/C15H25N3O/c1-12(2)10-14(18-8-6-16-7-9-18)13-4-5-15(19-3)17-11-13/h4-5,11-12,14,16H,6-10H2,1-3H3/t14-/m0/s1. The van der Waals surface area contributed by atoms with Crippen LogP contribution < -0.4 is 10.1 Å². The van der Waals surface area contributed by atoms with E-state index < -0.39 is 0 Å². The Hall–Kier alpha value is -1.13. The molecule has 1 aliphatic rings. The highest BCUT2D eigenvalue weighted by Crippen LogP contribution is 2.28. The fourth-order valence-electron chi connectivity index (χ4n) is 2.65. The maximum absolute atomic E-state index is 5.14. The molecule has 2 rings (SSSR count). The molecule has 19 heavy (non-hydrogen) atoms. The van der Waals surface area contributed by atoms with Crippen LogP contribution in [-0.4, -0.2) is 43.2 Å². The molecule has 0 amide bonds. The first-order chi connectivity index (χ1) is 9.20. The van der Waals surface area contributed by atoms with E-state index in [2.05, 4.69) is 35.1 Å². The lowest BCUT2D eigenvalue weighted by atomic mass is 9.96. The Morgan fingerprint density at radius 2 is 2.05 bits per heavy atom. The molecule has 1 aliphatic heterocycles. The van der Waals surface area contributed by atoms with Crippen LogP contribution in [0.1, 0.15) is 31.9 Å². The molecule has 1 aromatic heterocycles. The number of ether oxygens (including phenoxy) is 1. The smallest absolute Gasteiger partial charge is 0.212 e. The van der Waals surface area contributed by atoms with Crippen molar-refractivity contribution < 1.29 is 4.74 Å². The predicted molar refractivity (Wildman–Crippen MR) is 77.4 cm³/mol. The van der Waals surface area contributed by atoms with Crippen LogP contribution in [0.25, 0.3) is 0 Å². The van der Waals surface area contributed by atoms with Crippen LogP contribution in [0.15, 0.2) is 18.3 Å². The molecule has 1 fully saturated rings. The number of hydrogen-bond donors (Lipinski definition) is 1. The number of methoxy groups -OCH3 is 1. The maximum Gasteiger partial charge on any atom is 0.212 e. The summed E-state index contributed by atoms with van der Waals surface area (Å²) in [5, 5.41) is 3.42. The molecule has 0 aromatic carbocycles. The summed E-state index contributed by atoms with van der Waals surface area (Å²) in [6, 6.07) is 4.59. The second-order valence-electron chi connectivity index (χ2n) is 5.57. The molecular formula is C15H25N3O. The average Bonchev–Trinajstić information content (AvgIpc) is 2.46. The van der Waals surface area contributed by atoms with Crippen molar-refractivity contribution in [1.82, 2.24) is 15.2 Å². The molecule has 2 heterocycles. The van der Waals surface area contributed by atoms with Crippen LogP contribution in [0, 0.1) is 5.92 Å². The fourth-order valence-corrected chi connectivity index (χ4v) is 2.65. The Morgan fingerprint density at radius 3 is 2.58 bits per heavy atom. The van der Waals surface area contributed by atoms with Crippen LogP contribution in [0.4, 0.5) is 0 Å². The third kappa shape index (κ3) is 3.91. The molecule has 1 saturated heterocycles. The van der Waals surface area contributed by atoms with Crippen molar-refractivity contribution in [3.63, 3.8) is 0 Å². The number of nitrogens with one attached hydrogen (secondary N) is 1. The number of aromatic nitrogens is 1. The van der Waals surface area contributed by atoms with Crippen LogP contribution >= 0.6 is 0 Å². The Bertz CT molecular complexity index is 371. The topological polar surface area (TPSA) is 37.4 Å². The second-order valence-corrected chi connectivity index (χ2v) is 5.57. The summed E-state index contributed by atoms with van der Waals surface area (Å²) in [7, 11) is 1.66. The largest absolute Gasteiger partial charge is 0.481 e. The zero-order valence-corrected chi connectivity index (χ0v) is 12.2. The van der Waals surface area contributed by atoms with Crippen molar-refractivity contribution in [1.29, 1.82) is 0 Å². The van der Waals surface area contributed by atoms with Gasteiger partial charge in [-0.1, -0.05) is 19.9 Å². The van der Waals surface area contributed by atoms with E-state index in [4.69, 9.17) is 4.74 Å². The summed E-state index contributed by atoms with van der Waals surface area (Å²) in [6.45, 7) is 8.96. The van der Waals surface area contributed by atoms with Gasteiger partial charge in [0.05, 0.1) is 7.11 Å². The molecule has 4 heteroatoms. The van der Waals surface area contributed by atoms with E-state index >= 15 is 0 Å². The van der Waals surface area contributed by atoms with Crippen molar-refractivity contribution >= 4 is 0 Å². The first kappa shape index (κ1) is 14.3. The molecule has 0 saturated carbocycles. The second kappa shape index (κ2) is 6.87. The minimum Gasteiger partial charge on any atom is -0.481 e. The summed E-state index contributed by atoms with van der Waals surface area (Å²) in [6.07, 6.45) is 3.14. The van der Waals surface area contributed by atoms with Gasteiger partial charge in [-0.05, 0) is 17.9 Å². The van der Waals surface area contributed by atoms with Crippen LogP contribution in [-0.2, 0) is 0 Å². The molecule has 106 valence electrons. The zero-order chi connectivity index (χ0) is 13.7. The number of pyridine rings is 1. The maximum atomic E-state index is 5.14. The van der Waals surface area contributed by atoms with Crippen LogP contribution in [0.3, 0.4) is 0 Å². The van der Waals surface area contributed by atoms with E-state index in [-0.39, 0.29) is 0 Å². The van der Waals surface area contributed by atoms with E-state index in [1.165, 1.54) is 12.0 Å². The summed E-state index contributed by atoms with van der Waals surface area (Å²) in [4.78, 5) is 6.93. The lowest BCUT2D eigenvalue weighted by Crippen LogP contribution is -2.45. The lowest BCUT2D eigenvalue weighted by Gasteiger charge is -2.36. The van der Waals surface area contributed by atoms with Gasteiger partial charge in [-0.25, -0.2) is 4.98 Å². The lowest BCUT2D eigenvalue weighted by molar-refractivity contribution is 0.153. The van der Waals surface area contributed by atoms with E-state index in [0.29, 0.717) is 17.8 Å². The highest BCUT2D eigenvalue weighted by atomic mass is 16.5. The van der Waals surface area contributed by atoms with Gasteiger partial charge in [-0.3, -0.25) is 4.90 Å². The normalized spacial score (nSPS) is 18.5. The van der Waals surface area contributed by atoms with Crippen LogP contribution in [0.2, 0.25) is 0 Å². The van der Waals surface area contributed by atoms with Gasteiger partial charge >= 0.3 is 0 Å². The Kier molecular flexibility index (Phi) is 5.16. The molecule has 4 nitrogen and oxygen atoms in total. The van der Waals surface area contributed by atoms with Gasteiger partial charge in [0.15, 0.2) is 0 Å². The molecule has 0 unspecified atom stereocenters. The molecule has 1 atom stereocenters. The molecular weight excluding hydrogens is 238 g/mol. The monoisotopic (exact) mass is 263 g/mol. The number of piperazine rings is 1. The van der Waals surface area contributed by atoms with Gasteiger partial charge < -0.3 is 10.1 Å². The number of nitrogens with zero attached hydrogens (tertiary/aromatic N) is 2. The molecule has 0 aliphatic carbocycles. The molecule has 1 aromatic rings. The van der Waals surface area contributed by atoms with Crippen molar-refractivity contribution in [3.05, 3.63) is 23.9 Å². The summed E-state index contributed by atoms with van der Waals surface area (Å²) in [5.74, 6) is 1.37. The number of rotatable bonds is 5. The fraction of sp³-hybridized carbons (Fsp3) is 0.667. The minimum absolute atomic E-state index is 0.473. The minimum atomic E-state index is 0.473. The third-order valence-corrected chi connectivity index (χ3v) is 3.64. The van der Waals surface area contributed by atoms with Crippen molar-refractivity contribution in [2.24, 2.45) is 5.92 Å². The van der Waals surface area contributed by atoms with E-state index in [1.807, 2.05) is 12.3 Å². The Labute approximate surface area is 116 Å². The highest BCUT2D eigenvalue weighted by molar-refractivity contribution is 5.21. The molecule has 0 radical (unpaired) electrons. The van der Waals surface area contributed by atoms with Gasteiger partial charge in [-0.2, -0.15) is 0 Å². The SMILES string of the molecule is COc1ccc([C@H](CC(C)C)N2CCNCC2)cn1. The average molecular weight is 263 g/mol. The first-order valence-corrected chi connectivity index (χ1v) is 7.15. The quantitative estimate of drug-likeness (QED) is 0.882. The Balaban J connectivity index is 2.14. The zero-order valence-electron chi connectivity index (χ0n) is 12.2. The number of hydrogen-bond acceptors (Lipinski definition) is 4. The van der Waals surface area contributed by atoms with Gasteiger partial charge in [0.1, 0.15) is 0 Å². The van der Waals surface area contributed by atoms with Crippen molar-refractivity contribution in [2.75, 3.05) is 33.3 Å². The van der Waals surface area contributed by atoms with Crippen molar-refractivity contribution in [2.45, 2.75) is 26.3 Å². The first-order valence-electron chi connectivity index (χ1n) is 7.15. The van der Waals surface area contributed by atoms with Gasteiger partial charge in [0, 0.05) is 44.5 Å². The third-order valence-electron chi connectivity index (χ3n) is 3.64. The summed E-state index contributed by atoms with van der Waals surface area (Å²) >= 11 is 0. The molecule has 0 spiro atoms. The molecule has 0 bridgehead atoms. The van der Waals surface area contributed by atoms with Crippen LogP contribution in [0.5, 0.6) is 5.88 Å². The van der Waals surface area contributed by atoms with Gasteiger partial charge in [0.25, 0.3) is 0 Å². The highest BCUT2D eigenvalue weighted by Gasteiger charge is 2.23. The Morgan fingerprint density at radius 1 is 1.32 bits per heavy atom. The van der Waals surface area contributed by atoms with E-state index in [1.54, 1.807) is 7.11 Å². The predicted octanol–water partition coefficient (Wildman–Crippen LogP) is 2.08. The van der Waals surface area contributed by atoms with Gasteiger partial charge in [-0.15, -0.1) is 0 Å². The molecule has 1 N–H and O–H groups in total. The van der Waals surface area contributed by atoms with Crippen molar-refractivity contribution in [3.8, 4) is 5.88 Å². The van der Waals surface area contributed by atoms with Gasteiger partial charge in [0.2, 0.25) is 5.88 Å². The van der Waals surface area contributed by atoms with E-state index in [9.17, 15) is 0 Å².